The van der Waals surface area contributed by atoms with Crippen LogP contribution >= 0.6 is 0 Å². The molecule has 94 valence electrons. The Kier molecular flexibility index (Phi) is 3.63. The van der Waals surface area contributed by atoms with Crippen LogP contribution in [-0.4, -0.2) is 45.1 Å². The van der Waals surface area contributed by atoms with Gasteiger partial charge < -0.3 is 10.6 Å². The number of nitrogens with two attached hydrogens (primary N) is 1. The van der Waals surface area contributed by atoms with E-state index in [1.807, 2.05) is 31.1 Å². The van der Waals surface area contributed by atoms with Gasteiger partial charge in [0.05, 0.1) is 6.34 Å². The molecule has 18 heavy (non-hydrogen) atoms. The largest absolute Gasteiger partial charge is 0.369 e. The van der Waals surface area contributed by atoms with Gasteiger partial charge in [0, 0.05) is 26.8 Å². The lowest BCUT2D eigenvalue weighted by Gasteiger charge is -2.00. The molecule has 2 aromatic heterocycles. The summed E-state index contributed by atoms with van der Waals surface area (Å²) in [6, 6.07) is 3.75. The molecule has 0 fully saturated rings. The molecule has 2 heterocycles. The van der Waals surface area contributed by atoms with Crippen LogP contribution in [0.4, 0.5) is 5.95 Å². The lowest BCUT2D eigenvalue weighted by atomic mass is 10.3. The summed E-state index contributed by atoms with van der Waals surface area (Å²) in [4.78, 5) is 14.2. The van der Waals surface area contributed by atoms with Crippen LogP contribution in [0.5, 0.6) is 0 Å². The summed E-state index contributed by atoms with van der Waals surface area (Å²) in [5.41, 5.74) is 6.49. The molecular weight excluding hydrogens is 230 g/mol. The monoisotopic (exact) mass is 245 g/mol. The van der Waals surface area contributed by atoms with Crippen molar-refractivity contribution >= 4 is 12.3 Å². The first-order chi connectivity index (χ1) is 8.69. The van der Waals surface area contributed by atoms with Crippen LogP contribution in [0.3, 0.4) is 0 Å². The number of hydrogen-bond acceptors (Lipinski definition) is 5. The molecule has 0 bridgehead atoms. The fourth-order valence-corrected chi connectivity index (χ4v) is 1.26. The minimum Gasteiger partial charge on any atom is -0.369 e. The molecule has 0 atom stereocenters. The first-order valence-corrected chi connectivity index (χ1v) is 5.46. The summed E-state index contributed by atoms with van der Waals surface area (Å²) in [5.74, 6) is 1.08. The van der Waals surface area contributed by atoms with Crippen LogP contribution < -0.4 is 5.73 Å². The fraction of sp³-hybridized carbons (Fsp3) is 0.273. The predicted octanol–water partition coefficient (Wildman–Crippen LogP) is 0.342. The highest BCUT2D eigenvalue weighted by Crippen LogP contribution is 2.07. The molecule has 0 unspecified atom stereocenters. The van der Waals surface area contributed by atoms with E-state index in [0.717, 1.165) is 5.56 Å². The van der Waals surface area contributed by atoms with Crippen molar-refractivity contribution in [1.29, 1.82) is 0 Å². The van der Waals surface area contributed by atoms with Crippen molar-refractivity contribution in [2.45, 2.75) is 6.54 Å². The van der Waals surface area contributed by atoms with Crippen LogP contribution in [0, 0.1) is 0 Å². The highest BCUT2D eigenvalue weighted by molar-refractivity contribution is 5.57. The van der Waals surface area contributed by atoms with Crippen molar-refractivity contribution in [3.05, 3.63) is 30.2 Å². The number of rotatable bonds is 4. The first kappa shape index (κ1) is 12.2. The molecule has 2 aromatic rings. The van der Waals surface area contributed by atoms with Gasteiger partial charge in [-0.3, -0.25) is 0 Å². The molecule has 0 spiro atoms. The Hall–Kier alpha value is -2.28. The van der Waals surface area contributed by atoms with Crippen molar-refractivity contribution in [2.75, 3.05) is 14.1 Å². The van der Waals surface area contributed by atoms with Crippen molar-refractivity contribution < 1.29 is 0 Å². The topological polar surface area (TPSA) is 85.2 Å². The minimum atomic E-state index is 0.397. The molecule has 2 rings (SSSR count). The quantitative estimate of drug-likeness (QED) is 0.620. The Labute approximate surface area is 105 Å². The summed E-state index contributed by atoms with van der Waals surface area (Å²) < 4.78 is 1.57. The molecule has 0 saturated carbocycles. The standard InChI is InChI=1S/C11H15N7/c1-17(2)7-14-11-15-8-18(16-11)10-4-3-9(5-12)6-13-10/h3-4,6-8H,5,12H2,1-2H3. The zero-order valence-electron chi connectivity index (χ0n) is 10.4. The van der Waals surface area contributed by atoms with E-state index in [1.54, 1.807) is 23.5 Å². The summed E-state index contributed by atoms with van der Waals surface area (Å²) in [6.07, 6.45) is 4.94. The summed E-state index contributed by atoms with van der Waals surface area (Å²) in [6.45, 7) is 0.475. The van der Waals surface area contributed by atoms with Gasteiger partial charge in [-0.2, -0.15) is 4.98 Å². The first-order valence-electron chi connectivity index (χ1n) is 5.46. The summed E-state index contributed by atoms with van der Waals surface area (Å²) in [7, 11) is 3.77. The van der Waals surface area contributed by atoms with E-state index in [-0.39, 0.29) is 0 Å². The molecule has 0 aliphatic heterocycles. The summed E-state index contributed by atoms with van der Waals surface area (Å²) in [5, 5.41) is 4.20. The SMILES string of the molecule is CN(C)C=Nc1ncn(-c2ccc(CN)cn2)n1. The predicted molar refractivity (Wildman–Crippen MR) is 68.9 cm³/mol. The minimum absolute atomic E-state index is 0.397. The number of aliphatic imine (C=N–C) groups is 1. The van der Waals surface area contributed by atoms with Gasteiger partial charge in [0.1, 0.15) is 6.33 Å². The van der Waals surface area contributed by atoms with Crippen molar-refractivity contribution in [1.82, 2.24) is 24.6 Å². The van der Waals surface area contributed by atoms with Gasteiger partial charge in [0.2, 0.25) is 0 Å². The fourth-order valence-electron chi connectivity index (χ4n) is 1.26. The van der Waals surface area contributed by atoms with Crippen LogP contribution in [0.2, 0.25) is 0 Å². The zero-order valence-corrected chi connectivity index (χ0v) is 10.4. The van der Waals surface area contributed by atoms with Gasteiger partial charge in [-0.05, 0) is 11.6 Å². The van der Waals surface area contributed by atoms with Gasteiger partial charge in [0.15, 0.2) is 5.82 Å². The summed E-state index contributed by atoms with van der Waals surface area (Å²) >= 11 is 0. The van der Waals surface area contributed by atoms with Crippen LogP contribution in [0.1, 0.15) is 5.56 Å². The number of nitrogens with zero attached hydrogens (tertiary/aromatic N) is 6. The second kappa shape index (κ2) is 5.37. The highest BCUT2D eigenvalue weighted by atomic mass is 15.4. The number of pyridine rings is 1. The van der Waals surface area contributed by atoms with E-state index in [2.05, 4.69) is 20.1 Å². The lowest BCUT2D eigenvalue weighted by Crippen LogP contribution is -2.07. The van der Waals surface area contributed by atoms with Crippen molar-refractivity contribution in [3.8, 4) is 5.82 Å². The number of aromatic nitrogens is 4. The molecule has 0 aliphatic carbocycles. The van der Waals surface area contributed by atoms with E-state index in [0.29, 0.717) is 18.3 Å². The van der Waals surface area contributed by atoms with Crippen LogP contribution in [-0.2, 0) is 6.54 Å². The Balaban J connectivity index is 2.18. The molecule has 7 heteroatoms. The Morgan fingerprint density at radius 3 is 2.83 bits per heavy atom. The second-order valence-electron chi connectivity index (χ2n) is 3.93. The molecule has 0 aliphatic rings. The van der Waals surface area contributed by atoms with E-state index in [4.69, 9.17) is 5.73 Å². The number of hydrogen-bond donors (Lipinski definition) is 1. The average Bonchev–Trinajstić information content (AvgIpc) is 2.85. The highest BCUT2D eigenvalue weighted by Gasteiger charge is 2.02. The lowest BCUT2D eigenvalue weighted by molar-refractivity contribution is 0.642. The van der Waals surface area contributed by atoms with E-state index < -0.39 is 0 Å². The van der Waals surface area contributed by atoms with Crippen LogP contribution in [0.15, 0.2) is 29.6 Å². The normalized spacial score (nSPS) is 11.1. The smallest absolute Gasteiger partial charge is 0.270 e. The second-order valence-corrected chi connectivity index (χ2v) is 3.93. The van der Waals surface area contributed by atoms with Gasteiger partial charge in [0.25, 0.3) is 5.95 Å². The third-order valence-electron chi connectivity index (χ3n) is 2.16. The maximum absolute atomic E-state index is 5.51. The third-order valence-corrected chi connectivity index (χ3v) is 2.16. The molecule has 0 radical (unpaired) electrons. The third kappa shape index (κ3) is 2.89. The molecule has 2 N–H and O–H groups in total. The van der Waals surface area contributed by atoms with Crippen LogP contribution in [0.25, 0.3) is 5.82 Å². The van der Waals surface area contributed by atoms with Gasteiger partial charge in [-0.25, -0.2) is 14.7 Å². The van der Waals surface area contributed by atoms with Gasteiger partial charge in [-0.1, -0.05) is 6.07 Å². The Morgan fingerprint density at radius 2 is 2.22 bits per heavy atom. The Morgan fingerprint density at radius 1 is 1.39 bits per heavy atom. The van der Waals surface area contributed by atoms with Crippen molar-refractivity contribution in [2.24, 2.45) is 10.7 Å². The van der Waals surface area contributed by atoms with E-state index >= 15 is 0 Å². The van der Waals surface area contributed by atoms with E-state index in [1.165, 1.54) is 0 Å². The molecule has 0 amide bonds. The molecule has 0 aromatic carbocycles. The van der Waals surface area contributed by atoms with Gasteiger partial charge >= 0.3 is 0 Å². The van der Waals surface area contributed by atoms with Crippen molar-refractivity contribution in [3.63, 3.8) is 0 Å². The Bertz CT molecular complexity index is 527. The molecule has 0 saturated heterocycles. The molecule has 7 nitrogen and oxygen atoms in total. The average molecular weight is 245 g/mol. The zero-order chi connectivity index (χ0) is 13.0. The maximum atomic E-state index is 5.51. The maximum Gasteiger partial charge on any atom is 0.270 e. The molecular formula is C11H15N7. The van der Waals surface area contributed by atoms with E-state index in [9.17, 15) is 0 Å². The van der Waals surface area contributed by atoms with Gasteiger partial charge in [-0.15, -0.1) is 5.10 Å².